The van der Waals surface area contributed by atoms with Crippen molar-refractivity contribution >= 4 is 34.9 Å². The van der Waals surface area contributed by atoms with E-state index in [2.05, 4.69) is 10.3 Å². The summed E-state index contributed by atoms with van der Waals surface area (Å²) in [7, 11) is 0. The number of aliphatic imine (C=N–C) groups is 1. The number of allylic oxidation sites excluding steroid dienone is 3. The first-order valence-corrected chi connectivity index (χ1v) is 8.11. The van der Waals surface area contributed by atoms with Crippen molar-refractivity contribution in [3.63, 3.8) is 0 Å². The van der Waals surface area contributed by atoms with E-state index in [1.807, 2.05) is 17.5 Å². The lowest BCUT2D eigenvalue weighted by molar-refractivity contribution is -0.134. The normalized spacial score (nSPS) is 19.6. The minimum atomic E-state index is -0.686. The summed E-state index contributed by atoms with van der Waals surface area (Å²) >= 11 is 1.62. The number of imide groups is 1. The Morgan fingerprint density at radius 2 is 2.22 bits per heavy atom. The van der Waals surface area contributed by atoms with E-state index in [9.17, 15) is 14.4 Å². The summed E-state index contributed by atoms with van der Waals surface area (Å²) in [6.07, 6.45) is 7.50. The number of urea groups is 1. The zero-order valence-corrected chi connectivity index (χ0v) is 13.1. The molecule has 0 bridgehead atoms. The Bertz CT molecular complexity index is 719. The average molecular weight is 329 g/mol. The van der Waals surface area contributed by atoms with Crippen LogP contribution < -0.4 is 5.32 Å². The lowest BCUT2D eigenvalue weighted by atomic mass is 9.95. The Labute approximate surface area is 137 Å². The largest absolute Gasteiger partial charge is 0.354 e. The van der Waals surface area contributed by atoms with Crippen molar-refractivity contribution in [3.05, 3.63) is 46.7 Å². The van der Waals surface area contributed by atoms with E-state index in [0.717, 1.165) is 11.3 Å². The van der Waals surface area contributed by atoms with Gasteiger partial charge in [-0.25, -0.2) is 4.79 Å². The second-order valence-electron chi connectivity index (χ2n) is 5.14. The second kappa shape index (κ2) is 6.70. The quantitative estimate of drug-likeness (QED) is 0.890. The lowest BCUT2D eigenvalue weighted by Gasteiger charge is -2.27. The summed E-state index contributed by atoms with van der Waals surface area (Å²) in [6.45, 7) is 0.170. The number of rotatable bonds is 5. The number of carbonyl (C=O) groups is 3. The van der Waals surface area contributed by atoms with Gasteiger partial charge >= 0.3 is 6.03 Å². The van der Waals surface area contributed by atoms with Crippen molar-refractivity contribution in [2.24, 2.45) is 10.9 Å². The third kappa shape index (κ3) is 3.45. The van der Waals surface area contributed by atoms with Gasteiger partial charge in [-0.2, -0.15) is 4.99 Å². The first kappa shape index (κ1) is 15.4. The number of thiophene rings is 1. The maximum absolute atomic E-state index is 12.3. The number of nitrogens with one attached hydrogen (secondary N) is 1. The predicted octanol–water partition coefficient (Wildman–Crippen LogP) is 1.55. The lowest BCUT2D eigenvalue weighted by Crippen LogP contribution is -2.50. The Balaban J connectivity index is 1.56. The summed E-state index contributed by atoms with van der Waals surface area (Å²) in [5.41, 5.74) is 0.428. The van der Waals surface area contributed by atoms with E-state index in [4.69, 9.17) is 0 Å². The Kier molecular flexibility index (Phi) is 4.47. The van der Waals surface area contributed by atoms with E-state index in [0.29, 0.717) is 12.3 Å². The number of hydrogen-bond acceptors (Lipinski definition) is 4. The van der Waals surface area contributed by atoms with Crippen LogP contribution in [0, 0.1) is 5.92 Å². The molecular weight excluding hydrogens is 314 g/mol. The molecule has 6 nitrogen and oxygen atoms in total. The van der Waals surface area contributed by atoms with Crippen molar-refractivity contribution in [2.75, 3.05) is 13.1 Å². The summed E-state index contributed by atoms with van der Waals surface area (Å²) in [4.78, 5) is 42.2. The molecule has 2 heterocycles. The summed E-state index contributed by atoms with van der Waals surface area (Å²) in [5, 5.41) is 4.70. The highest BCUT2D eigenvalue weighted by molar-refractivity contribution is 7.09. The average Bonchev–Trinajstić information content (AvgIpc) is 3.05. The smallest absolute Gasteiger partial charge is 0.351 e. The molecule has 1 aromatic heterocycles. The van der Waals surface area contributed by atoms with Gasteiger partial charge in [0.2, 0.25) is 11.8 Å². The van der Waals surface area contributed by atoms with Gasteiger partial charge in [0.1, 0.15) is 6.54 Å². The van der Waals surface area contributed by atoms with Crippen LogP contribution in [0.2, 0.25) is 0 Å². The van der Waals surface area contributed by atoms with Crippen LogP contribution in [0.5, 0.6) is 0 Å². The predicted molar refractivity (Wildman–Crippen MR) is 87.3 cm³/mol. The van der Waals surface area contributed by atoms with Crippen LogP contribution in [0.4, 0.5) is 4.79 Å². The summed E-state index contributed by atoms with van der Waals surface area (Å²) in [6, 6.07) is 3.26. The molecule has 0 saturated heterocycles. The second-order valence-corrected chi connectivity index (χ2v) is 6.18. The van der Waals surface area contributed by atoms with Gasteiger partial charge in [-0.3, -0.25) is 14.5 Å². The molecule has 1 unspecified atom stereocenters. The first-order chi connectivity index (χ1) is 11.1. The third-order valence-corrected chi connectivity index (χ3v) is 4.50. The number of nitrogens with zero attached hydrogens (tertiary/aromatic N) is 2. The number of carbonyl (C=O) groups excluding carboxylic acids is 3. The molecule has 118 valence electrons. The fourth-order valence-corrected chi connectivity index (χ4v) is 3.11. The molecule has 0 aromatic carbocycles. The molecule has 0 saturated carbocycles. The topological polar surface area (TPSA) is 78.8 Å². The maximum atomic E-state index is 12.3. The monoisotopic (exact) mass is 329 g/mol. The van der Waals surface area contributed by atoms with E-state index < -0.39 is 17.9 Å². The van der Waals surface area contributed by atoms with Crippen molar-refractivity contribution in [1.82, 2.24) is 10.2 Å². The van der Waals surface area contributed by atoms with Crippen LogP contribution in [-0.4, -0.2) is 41.5 Å². The fourth-order valence-electron chi connectivity index (χ4n) is 2.41. The number of fused-ring (bicyclic) bond motifs is 1. The van der Waals surface area contributed by atoms with Gasteiger partial charge < -0.3 is 5.32 Å². The van der Waals surface area contributed by atoms with Gasteiger partial charge in [0, 0.05) is 11.4 Å². The van der Waals surface area contributed by atoms with Gasteiger partial charge in [-0.15, -0.1) is 11.3 Å². The zero-order chi connectivity index (χ0) is 16.2. The van der Waals surface area contributed by atoms with Crippen LogP contribution in [0.15, 0.2) is 46.8 Å². The zero-order valence-electron chi connectivity index (χ0n) is 12.3. The third-order valence-electron chi connectivity index (χ3n) is 3.56. The Morgan fingerprint density at radius 3 is 3.00 bits per heavy atom. The molecular formula is C16H15N3O3S. The van der Waals surface area contributed by atoms with Crippen molar-refractivity contribution < 1.29 is 14.4 Å². The number of amides is 4. The summed E-state index contributed by atoms with van der Waals surface area (Å²) < 4.78 is 0. The van der Waals surface area contributed by atoms with Crippen LogP contribution >= 0.6 is 11.3 Å². The van der Waals surface area contributed by atoms with Crippen LogP contribution in [0.25, 0.3) is 0 Å². The van der Waals surface area contributed by atoms with Gasteiger partial charge in [0.25, 0.3) is 0 Å². The van der Waals surface area contributed by atoms with E-state index in [1.54, 1.807) is 35.6 Å². The minimum Gasteiger partial charge on any atom is -0.354 e. The van der Waals surface area contributed by atoms with Crippen LogP contribution in [0.1, 0.15) is 4.88 Å². The standard InChI is InChI=1S/C16H15N3O3S/c20-14(17-8-7-11-4-3-9-23-11)10-19-15(21)12-5-1-2-6-13(12)18-16(19)22/h1-6,9,12H,7-8,10H2,(H,17,20). The van der Waals surface area contributed by atoms with E-state index in [-0.39, 0.29) is 12.5 Å². The molecule has 23 heavy (non-hydrogen) atoms. The molecule has 1 atom stereocenters. The molecule has 0 fully saturated rings. The fraction of sp³-hybridized carbons (Fsp3) is 0.250. The van der Waals surface area contributed by atoms with E-state index in [1.165, 1.54) is 4.88 Å². The molecule has 1 aromatic rings. The molecule has 0 spiro atoms. The van der Waals surface area contributed by atoms with Gasteiger partial charge in [0.15, 0.2) is 0 Å². The number of hydrogen-bond donors (Lipinski definition) is 1. The molecule has 3 rings (SSSR count). The van der Waals surface area contributed by atoms with Gasteiger partial charge in [0.05, 0.1) is 11.6 Å². The molecule has 1 aliphatic heterocycles. The molecule has 1 N–H and O–H groups in total. The molecule has 4 amide bonds. The summed E-state index contributed by atoms with van der Waals surface area (Å²) in [5.74, 6) is -1.34. The first-order valence-electron chi connectivity index (χ1n) is 7.23. The highest BCUT2D eigenvalue weighted by Crippen LogP contribution is 2.19. The molecule has 0 radical (unpaired) electrons. The van der Waals surface area contributed by atoms with Crippen LogP contribution in [0.3, 0.4) is 0 Å². The van der Waals surface area contributed by atoms with Crippen molar-refractivity contribution in [3.8, 4) is 0 Å². The highest BCUT2D eigenvalue weighted by atomic mass is 32.1. The van der Waals surface area contributed by atoms with Gasteiger partial charge in [-0.05, 0) is 23.9 Å². The minimum absolute atomic E-state index is 0.299. The van der Waals surface area contributed by atoms with Gasteiger partial charge in [-0.1, -0.05) is 24.3 Å². The molecule has 7 heteroatoms. The van der Waals surface area contributed by atoms with Crippen molar-refractivity contribution in [1.29, 1.82) is 0 Å². The Morgan fingerprint density at radius 1 is 1.35 bits per heavy atom. The Hall–Kier alpha value is -2.54. The highest BCUT2D eigenvalue weighted by Gasteiger charge is 2.36. The maximum Gasteiger partial charge on any atom is 0.351 e. The van der Waals surface area contributed by atoms with E-state index >= 15 is 0 Å². The van der Waals surface area contributed by atoms with Crippen molar-refractivity contribution in [2.45, 2.75) is 6.42 Å². The molecule has 1 aliphatic carbocycles. The SMILES string of the molecule is O=C(CN1C(=O)N=C2C=CC=CC2C1=O)NCCc1cccs1. The van der Waals surface area contributed by atoms with Crippen LogP contribution in [-0.2, 0) is 16.0 Å². The molecule has 2 aliphatic rings.